The van der Waals surface area contributed by atoms with Crippen LogP contribution in [0.2, 0.25) is 0 Å². The van der Waals surface area contributed by atoms with Gasteiger partial charge in [0.1, 0.15) is 5.78 Å². The third-order valence-corrected chi connectivity index (χ3v) is 4.47. The van der Waals surface area contributed by atoms with E-state index in [0.717, 1.165) is 19.3 Å². The van der Waals surface area contributed by atoms with Crippen molar-refractivity contribution in [2.45, 2.75) is 39.5 Å². The molecule has 3 unspecified atom stereocenters. The minimum absolute atomic E-state index is 0.0884. The molecule has 3 fully saturated rings. The molecule has 2 bridgehead atoms. The summed E-state index contributed by atoms with van der Waals surface area (Å²) in [7, 11) is 0. The van der Waals surface area contributed by atoms with E-state index in [1.807, 2.05) is 0 Å². The van der Waals surface area contributed by atoms with Crippen molar-refractivity contribution in [2.75, 3.05) is 6.61 Å². The molecule has 0 aromatic rings. The van der Waals surface area contributed by atoms with E-state index in [-0.39, 0.29) is 17.9 Å². The Labute approximate surface area is 85.7 Å². The van der Waals surface area contributed by atoms with Crippen molar-refractivity contribution < 1.29 is 9.90 Å². The number of carbonyl (C=O) groups is 1. The van der Waals surface area contributed by atoms with Crippen molar-refractivity contribution in [2.24, 2.45) is 23.2 Å². The van der Waals surface area contributed by atoms with Crippen LogP contribution in [0.15, 0.2) is 0 Å². The highest BCUT2D eigenvalue weighted by Crippen LogP contribution is 2.52. The average Bonchev–Trinajstić information content (AvgIpc) is 2.15. The third-order valence-electron chi connectivity index (χ3n) is 4.47. The maximum absolute atomic E-state index is 12.1. The highest BCUT2D eigenvalue weighted by molar-refractivity contribution is 5.88. The first kappa shape index (κ1) is 10.2. The van der Waals surface area contributed by atoms with Gasteiger partial charge in [-0.1, -0.05) is 13.8 Å². The van der Waals surface area contributed by atoms with Crippen LogP contribution in [0.1, 0.15) is 39.5 Å². The van der Waals surface area contributed by atoms with Crippen LogP contribution in [0.5, 0.6) is 0 Å². The Balaban J connectivity index is 2.18. The van der Waals surface area contributed by atoms with E-state index in [9.17, 15) is 4.79 Å². The molecular formula is C12H20O2. The van der Waals surface area contributed by atoms with E-state index >= 15 is 0 Å². The summed E-state index contributed by atoms with van der Waals surface area (Å²) in [6.07, 6.45) is 4.26. The number of Topliss-reactive ketones (excluding diaryl/α,β-unsaturated/α-hetero) is 1. The molecule has 2 heteroatoms. The lowest BCUT2D eigenvalue weighted by atomic mass is 9.53. The zero-order valence-corrected chi connectivity index (χ0v) is 9.12. The first-order chi connectivity index (χ1) is 6.57. The molecule has 0 amide bonds. The van der Waals surface area contributed by atoms with Gasteiger partial charge in [0.2, 0.25) is 0 Å². The molecule has 0 radical (unpaired) electrons. The highest BCUT2D eigenvalue weighted by Gasteiger charge is 2.51. The quantitative estimate of drug-likeness (QED) is 0.733. The second-order valence-electron chi connectivity index (χ2n) is 5.47. The summed E-state index contributed by atoms with van der Waals surface area (Å²) in [5, 5.41) is 8.95. The summed E-state index contributed by atoms with van der Waals surface area (Å²) in [6.45, 7) is 4.43. The van der Waals surface area contributed by atoms with Gasteiger partial charge in [0, 0.05) is 17.9 Å². The summed E-state index contributed by atoms with van der Waals surface area (Å²) < 4.78 is 0. The second-order valence-corrected chi connectivity index (χ2v) is 5.47. The molecule has 0 spiro atoms. The molecule has 0 heterocycles. The SMILES string of the molecule is CC1(C)C(=O)C2CCC1CC2CCO. The van der Waals surface area contributed by atoms with E-state index in [0.29, 0.717) is 17.6 Å². The predicted molar refractivity (Wildman–Crippen MR) is 54.8 cm³/mol. The molecule has 3 saturated carbocycles. The largest absolute Gasteiger partial charge is 0.396 e. The number of aliphatic hydroxyl groups excluding tert-OH is 1. The van der Waals surface area contributed by atoms with Crippen molar-refractivity contribution in [1.29, 1.82) is 0 Å². The van der Waals surface area contributed by atoms with Gasteiger partial charge in [-0.05, 0) is 37.5 Å². The van der Waals surface area contributed by atoms with Crippen LogP contribution in [-0.2, 0) is 4.79 Å². The Kier molecular flexibility index (Phi) is 2.42. The van der Waals surface area contributed by atoms with Crippen LogP contribution in [0.4, 0.5) is 0 Å². The van der Waals surface area contributed by atoms with Crippen molar-refractivity contribution in [1.82, 2.24) is 0 Å². The monoisotopic (exact) mass is 196 g/mol. The molecule has 3 atom stereocenters. The fourth-order valence-electron chi connectivity index (χ4n) is 3.43. The van der Waals surface area contributed by atoms with Crippen LogP contribution in [-0.4, -0.2) is 17.5 Å². The van der Waals surface area contributed by atoms with Crippen molar-refractivity contribution in [3.63, 3.8) is 0 Å². The number of aliphatic hydroxyl groups is 1. The Bertz CT molecular complexity index is 245. The van der Waals surface area contributed by atoms with Crippen molar-refractivity contribution >= 4 is 5.78 Å². The topological polar surface area (TPSA) is 37.3 Å². The van der Waals surface area contributed by atoms with Gasteiger partial charge in [0.25, 0.3) is 0 Å². The first-order valence-electron chi connectivity index (χ1n) is 5.72. The predicted octanol–water partition coefficient (Wildman–Crippen LogP) is 2.01. The van der Waals surface area contributed by atoms with E-state index in [2.05, 4.69) is 13.8 Å². The summed E-state index contributed by atoms with van der Waals surface area (Å²) in [6, 6.07) is 0. The number of ketones is 1. The van der Waals surface area contributed by atoms with Crippen molar-refractivity contribution in [3.8, 4) is 0 Å². The van der Waals surface area contributed by atoms with Gasteiger partial charge < -0.3 is 5.11 Å². The maximum Gasteiger partial charge on any atom is 0.142 e. The van der Waals surface area contributed by atoms with Crippen LogP contribution in [0.3, 0.4) is 0 Å². The molecule has 14 heavy (non-hydrogen) atoms. The highest BCUT2D eigenvalue weighted by atomic mass is 16.3. The van der Waals surface area contributed by atoms with E-state index in [1.165, 1.54) is 6.42 Å². The minimum atomic E-state index is -0.0884. The minimum Gasteiger partial charge on any atom is -0.396 e. The molecule has 3 aliphatic carbocycles. The molecule has 3 rings (SSSR count). The molecular weight excluding hydrogens is 176 g/mol. The Morgan fingerprint density at radius 3 is 2.71 bits per heavy atom. The molecule has 80 valence electrons. The lowest BCUT2D eigenvalue weighted by Gasteiger charge is -2.50. The van der Waals surface area contributed by atoms with Gasteiger partial charge >= 0.3 is 0 Å². The van der Waals surface area contributed by atoms with Gasteiger partial charge in [-0.3, -0.25) is 4.79 Å². The third kappa shape index (κ3) is 1.31. The molecule has 3 aliphatic rings. The van der Waals surface area contributed by atoms with Gasteiger partial charge in [-0.2, -0.15) is 0 Å². The molecule has 2 nitrogen and oxygen atoms in total. The van der Waals surface area contributed by atoms with Gasteiger partial charge in [-0.25, -0.2) is 0 Å². The Morgan fingerprint density at radius 2 is 2.14 bits per heavy atom. The second kappa shape index (κ2) is 3.34. The lowest BCUT2D eigenvalue weighted by Crippen LogP contribution is -2.51. The van der Waals surface area contributed by atoms with Gasteiger partial charge in [-0.15, -0.1) is 0 Å². The summed E-state index contributed by atoms with van der Waals surface area (Å²) in [5.74, 6) is 1.75. The number of hydrogen-bond donors (Lipinski definition) is 1. The molecule has 1 N–H and O–H groups in total. The smallest absolute Gasteiger partial charge is 0.142 e. The zero-order chi connectivity index (χ0) is 10.3. The molecule has 0 saturated heterocycles. The number of carbonyl (C=O) groups excluding carboxylic acids is 1. The molecule has 0 aromatic carbocycles. The van der Waals surface area contributed by atoms with Crippen molar-refractivity contribution in [3.05, 3.63) is 0 Å². The van der Waals surface area contributed by atoms with Crippen LogP contribution >= 0.6 is 0 Å². The summed E-state index contributed by atoms with van der Waals surface area (Å²) in [4.78, 5) is 12.1. The lowest BCUT2D eigenvalue weighted by molar-refractivity contribution is -0.148. The van der Waals surface area contributed by atoms with Crippen LogP contribution in [0, 0.1) is 23.2 Å². The number of fused-ring (bicyclic) bond motifs is 3. The van der Waals surface area contributed by atoms with Crippen LogP contribution in [0.25, 0.3) is 0 Å². The zero-order valence-electron chi connectivity index (χ0n) is 9.12. The number of rotatable bonds is 2. The molecule has 0 aliphatic heterocycles. The fraction of sp³-hybridized carbons (Fsp3) is 0.917. The normalized spacial score (nSPS) is 40.2. The van der Waals surface area contributed by atoms with E-state index in [1.54, 1.807) is 0 Å². The standard InChI is InChI=1S/C12H20O2/c1-12(2)9-3-4-10(11(12)14)8(7-9)5-6-13/h8-10,13H,3-7H2,1-2H3. The average molecular weight is 196 g/mol. The maximum atomic E-state index is 12.1. The molecule has 0 aromatic heterocycles. The number of hydrogen-bond acceptors (Lipinski definition) is 2. The van der Waals surface area contributed by atoms with Crippen LogP contribution < -0.4 is 0 Å². The van der Waals surface area contributed by atoms with E-state index < -0.39 is 0 Å². The van der Waals surface area contributed by atoms with Gasteiger partial charge in [0.05, 0.1) is 0 Å². The summed E-state index contributed by atoms with van der Waals surface area (Å²) >= 11 is 0. The first-order valence-corrected chi connectivity index (χ1v) is 5.72. The Morgan fingerprint density at radius 1 is 1.43 bits per heavy atom. The van der Waals surface area contributed by atoms with Gasteiger partial charge in [0.15, 0.2) is 0 Å². The summed E-state index contributed by atoms with van der Waals surface area (Å²) in [5.41, 5.74) is -0.0884. The Hall–Kier alpha value is -0.370. The van der Waals surface area contributed by atoms with E-state index in [4.69, 9.17) is 5.11 Å². The fourth-order valence-corrected chi connectivity index (χ4v) is 3.43.